The first-order valence-electron chi connectivity index (χ1n) is 11.5. The predicted octanol–water partition coefficient (Wildman–Crippen LogP) is 3.62. The summed E-state index contributed by atoms with van der Waals surface area (Å²) in [6, 6.07) is 12.1. The second-order valence-electron chi connectivity index (χ2n) is 8.27. The number of aromatic amines is 1. The zero-order valence-corrected chi connectivity index (χ0v) is 21.0. The average Bonchev–Trinajstić information content (AvgIpc) is 3.48. The number of methoxy groups -OCH3 is 4. The Morgan fingerprint density at radius 2 is 1.66 bits per heavy atom. The van der Waals surface area contributed by atoms with Crippen molar-refractivity contribution in [3.8, 4) is 23.0 Å². The van der Waals surface area contributed by atoms with E-state index in [9.17, 15) is 14.7 Å². The molecule has 0 bridgehead atoms. The number of imidazole rings is 1. The maximum absolute atomic E-state index is 13.5. The SMILES string of the molecule is COc1ccc(/C(O)=C2\C(=O)C(=O)N(c3nc4cc(OC)c(OC)cc4[nH]3)C2c2ccccn2)c(OC)c1. The topological polar surface area (TPSA) is 136 Å². The number of carbonyl (C=O) groups is 2. The van der Waals surface area contributed by atoms with Gasteiger partial charge in [0.05, 0.1) is 56.3 Å². The van der Waals surface area contributed by atoms with E-state index in [4.69, 9.17) is 18.9 Å². The van der Waals surface area contributed by atoms with Crippen molar-refractivity contribution in [1.29, 1.82) is 0 Å². The Kier molecular flexibility index (Phi) is 6.33. The number of amides is 1. The Hall–Kier alpha value is -5.06. The molecule has 1 atom stereocenters. The van der Waals surface area contributed by atoms with Gasteiger partial charge in [0.25, 0.3) is 5.78 Å². The molecule has 1 aliphatic heterocycles. The first-order valence-corrected chi connectivity index (χ1v) is 11.5. The summed E-state index contributed by atoms with van der Waals surface area (Å²) in [5.41, 5.74) is 1.45. The van der Waals surface area contributed by atoms with E-state index >= 15 is 0 Å². The highest BCUT2D eigenvalue weighted by Gasteiger charge is 2.49. The smallest absolute Gasteiger partial charge is 0.302 e. The summed E-state index contributed by atoms with van der Waals surface area (Å²) in [4.78, 5) is 40.1. The lowest BCUT2D eigenvalue weighted by Crippen LogP contribution is -2.30. The number of hydrogen-bond acceptors (Lipinski definition) is 9. The molecule has 194 valence electrons. The van der Waals surface area contributed by atoms with Crippen molar-refractivity contribution in [2.75, 3.05) is 33.3 Å². The van der Waals surface area contributed by atoms with Crippen molar-refractivity contribution in [2.45, 2.75) is 6.04 Å². The highest BCUT2D eigenvalue weighted by molar-refractivity contribution is 6.51. The second-order valence-corrected chi connectivity index (χ2v) is 8.27. The van der Waals surface area contributed by atoms with Crippen LogP contribution in [0.1, 0.15) is 17.3 Å². The number of nitrogens with one attached hydrogen (secondary N) is 1. The van der Waals surface area contributed by atoms with Gasteiger partial charge in [-0.3, -0.25) is 19.5 Å². The summed E-state index contributed by atoms with van der Waals surface area (Å²) in [6.07, 6.45) is 1.54. The number of Topliss-reactive ketones (excluding diaryl/α,β-unsaturated/α-hetero) is 1. The van der Waals surface area contributed by atoms with E-state index < -0.39 is 23.5 Å². The molecule has 5 rings (SSSR count). The Bertz CT molecular complexity index is 1540. The van der Waals surface area contributed by atoms with Crippen LogP contribution in [0.3, 0.4) is 0 Å². The van der Waals surface area contributed by atoms with Gasteiger partial charge < -0.3 is 29.0 Å². The van der Waals surface area contributed by atoms with Crippen LogP contribution in [0.5, 0.6) is 23.0 Å². The molecule has 1 amide bonds. The number of aliphatic hydroxyl groups excluding tert-OH is 1. The fourth-order valence-electron chi connectivity index (χ4n) is 4.45. The number of ether oxygens (including phenoxy) is 4. The van der Waals surface area contributed by atoms with Crippen LogP contribution in [-0.4, -0.2) is 60.2 Å². The summed E-state index contributed by atoms with van der Waals surface area (Å²) in [5, 5.41) is 11.4. The summed E-state index contributed by atoms with van der Waals surface area (Å²) < 4.78 is 21.4. The number of hydrogen-bond donors (Lipinski definition) is 2. The van der Waals surface area contributed by atoms with Gasteiger partial charge in [-0.1, -0.05) is 6.07 Å². The lowest BCUT2D eigenvalue weighted by atomic mass is 9.98. The van der Waals surface area contributed by atoms with Crippen LogP contribution < -0.4 is 23.8 Å². The van der Waals surface area contributed by atoms with Gasteiger partial charge in [-0.05, 0) is 24.3 Å². The maximum Gasteiger partial charge on any atom is 0.302 e. The van der Waals surface area contributed by atoms with Crippen LogP contribution in [-0.2, 0) is 9.59 Å². The van der Waals surface area contributed by atoms with E-state index in [2.05, 4.69) is 15.0 Å². The molecule has 0 spiro atoms. The van der Waals surface area contributed by atoms with Crippen molar-refractivity contribution >= 4 is 34.4 Å². The third-order valence-electron chi connectivity index (χ3n) is 6.28. The Balaban J connectivity index is 1.72. The molecule has 38 heavy (non-hydrogen) atoms. The summed E-state index contributed by atoms with van der Waals surface area (Å²) in [5.74, 6) is -0.435. The van der Waals surface area contributed by atoms with Crippen LogP contribution in [0, 0.1) is 0 Å². The Labute approximate surface area is 217 Å². The zero-order chi connectivity index (χ0) is 27.0. The molecule has 0 radical (unpaired) electrons. The predicted molar refractivity (Wildman–Crippen MR) is 138 cm³/mol. The highest BCUT2D eigenvalue weighted by atomic mass is 16.5. The molecule has 1 saturated heterocycles. The molecule has 2 aromatic carbocycles. The largest absolute Gasteiger partial charge is 0.507 e. The summed E-state index contributed by atoms with van der Waals surface area (Å²) in [7, 11) is 5.94. The molecular weight excluding hydrogens is 492 g/mol. The van der Waals surface area contributed by atoms with Gasteiger partial charge in [0.1, 0.15) is 23.3 Å². The van der Waals surface area contributed by atoms with Gasteiger partial charge in [-0.25, -0.2) is 4.98 Å². The minimum absolute atomic E-state index is 0.0915. The number of aromatic nitrogens is 3. The van der Waals surface area contributed by atoms with Crippen molar-refractivity contribution in [2.24, 2.45) is 0 Å². The Morgan fingerprint density at radius 3 is 2.32 bits per heavy atom. The van der Waals surface area contributed by atoms with Gasteiger partial charge in [0.2, 0.25) is 5.95 Å². The van der Waals surface area contributed by atoms with Gasteiger partial charge in [-0.2, -0.15) is 0 Å². The summed E-state index contributed by atoms with van der Waals surface area (Å²) >= 11 is 0. The van der Waals surface area contributed by atoms with E-state index in [1.165, 1.54) is 39.5 Å². The molecular formula is C27H24N4O7. The van der Waals surface area contributed by atoms with E-state index in [1.807, 2.05) is 0 Å². The minimum atomic E-state index is -1.08. The lowest BCUT2D eigenvalue weighted by molar-refractivity contribution is -0.132. The normalized spacial score (nSPS) is 16.6. The number of anilines is 1. The number of benzene rings is 2. The minimum Gasteiger partial charge on any atom is -0.507 e. The zero-order valence-electron chi connectivity index (χ0n) is 21.0. The number of H-pyrrole nitrogens is 1. The molecule has 2 aromatic heterocycles. The Morgan fingerprint density at radius 1 is 0.921 bits per heavy atom. The van der Waals surface area contributed by atoms with E-state index in [-0.39, 0.29) is 22.8 Å². The average molecular weight is 517 g/mol. The standard InChI is InChI=1S/C27H24N4O7/c1-35-14-8-9-15(19(11-14)36-2)24(32)22-23(16-7-5-6-10-28-16)31(26(34)25(22)33)27-29-17-12-20(37-3)21(38-4)13-18(17)30-27/h5-13,23,32H,1-4H3,(H,29,30)/b24-22+. The molecule has 0 aliphatic carbocycles. The molecule has 1 aliphatic rings. The first-order chi connectivity index (χ1) is 18.4. The van der Waals surface area contributed by atoms with Crippen LogP contribution in [0.25, 0.3) is 16.8 Å². The monoisotopic (exact) mass is 516 g/mol. The molecule has 11 nitrogen and oxygen atoms in total. The lowest BCUT2D eigenvalue weighted by Gasteiger charge is -2.22. The van der Waals surface area contributed by atoms with Crippen molar-refractivity contribution in [1.82, 2.24) is 15.0 Å². The molecule has 2 N–H and O–H groups in total. The fraction of sp³-hybridized carbons (Fsp3) is 0.185. The molecule has 1 unspecified atom stereocenters. The third-order valence-corrected chi connectivity index (χ3v) is 6.28. The highest BCUT2D eigenvalue weighted by Crippen LogP contribution is 2.43. The van der Waals surface area contributed by atoms with Crippen molar-refractivity contribution < 1.29 is 33.6 Å². The molecule has 1 fully saturated rings. The van der Waals surface area contributed by atoms with Gasteiger partial charge in [0, 0.05) is 24.4 Å². The molecule has 3 heterocycles. The number of nitrogens with zero attached hydrogens (tertiary/aromatic N) is 3. The van der Waals surface area contributed by atoms with Gasteiger partial charge in [-0.15, -0.1) is 0 Å². The number of ketones is 1. The number of carbonyl (C=O) groups excluding carboxylic acids is 2. The molecule has 11 heteroatoms. The third kappa shape index (κ3) is 3.94. The number of fused-ring (bicyclic) bond motifs is 1. The molecule has 4 aromatic rings. The number of aliphatic hydroxyl groups is 1. The van der Waals surface area contributed by atoms with Crippen LogP contribution in [0.2, 0.25) is 0 Å². The van der Waals surface area contributed by atoms with Gasteiger partial charge >= 0.3 is 5.91 Å². The number of rotatable bonds is 7. The maximum atomic E-state index is 13.5. The second kappa shape index (κ2) is 9.77. The van der Waals surface area contributed by atoms with Crippen LogP contribution in [0.4, 0.5) is 5.95 Å². The fourth-order valence-corrected chi connectivity index (χ4v) is 4.45. The molecule has 0 saturated carbocycles. The first kappa shape index (κ1) is 24.6. The van der Waals surface area contributed by atoms with E-state index in [0.29, 0.717) is 34.0 Å². The van der Waals surface area contributed by atoms with Crippen molar-refractivity contribution in [3.63, 3.8) is 0 Å². The van der Waals surface area contributed by atoms with Gasteiger partial charge in [0.15, 0.2) is 11.5 Å². The number of pyridine rings is 1. The van der Waals surface area contributed by atoms with E-state index in [1.54, 1.807) is 48.5 Å². The van der Waals surface area contributed by atoms with E-state index in [0.717, 1.165) is 0 Å². The van der Waals surface area contributed by atoms with Crippen molar-refractivity contribution in [3.05, 3.63) is 71.6 Å². The quantitative estimate of drug-likeness (QED) is 0.214. The van der Waals surface area contributed by atoms with Crippen LogP contribution in [0.15, 0.2) is 60.3 Å². The summed E-state index contributed by atoms with van der Waals surface area (Å²) in [6.45, 7) is 0. The van der Waals surface area contributed by atoms with Crippen LogP contribution >= 0.6 is 0 Å².